The van der Waals surface area contributed by atoms with Crippen molar-refractivity contribution in [3.63, 3.8) is 0 Å². The zero-order valence-corrected chi connectivity index (χ0v) is 15.6. The minimum absolute atomic E-state index is 0. The highest BCUT2D eigenvalue weighted by molar-refractivity contribution is 5.90. The molecule has 1 unspecified atom stereocenters. The van der Waals surface area contributed by atoms with Crippen LogP contribution in [-0.4, -0.2) is 60.1 Å². The van der Waals surface area contributed by atoms with Gasteiger partial charge in [-0.15, -0.1) is 12.4 Å². The number of hydrogen-bond donors (Lipinski definition) is 3. The van der Waals surface area contributed by atoms with Crippen LogP contribution in [0.5, 0.6) is 0 Å². The molecule has 2 amide bonds. The van der Waals surface area contributed by atoms with Crippen LogP contribution >= 0.6 is 12.4 Å². The van der Waals surface area contributed by atoms with E-state index < -0.39 is 12.1 Å². The van der Waals surface area contributed by atoms with Gasteiger partial charge >= 0.3 is 0 Å². The fourth-order valence-electron chi connectivity index (χ4n) is 3.07. The summed E-state index contributed by atoms with van der Waals surface area (Å²) in [6, 6.07) is 6.57. The maximum absolute atomic E-state index is 12.4. The van der Waals surface area contributed by atoms with Gasteiger partial charge in [-0.3, -0.25) is 9.59 Å². The van der Waals surface area contributed by atoms with Gasteiger partial charge in [0.25, 0.3) is 0 Å². The molecule has 26 heavy (non-hydrogen) atoms. The van der Waals surface area contributed by atoms with Crippen molar-refractivity contribution in [1.29, 1.82) is 0 Å². The minimum Gasteiger partial charge on any atom is -0.378 e. The highest BCUT2D eigenvalue weighted by Gasteiger charge is 2.25. The summed E-state index contributed by atoms with van der Waals surface area (Å²) in [4.78, 5) is 29.6. The van der Waals surface area contributed by atoms with Crippen LogP contribution < -0.4 is 11.1 Å². The highest BCUT2D eigenvalue weighted by atomic mass is 35.5. The summed E-state index contributed by atoms with van der Waals surface area (Å²) in [5.41, 5.74) is 8.06. The van der Waals surface area contributed by atoms with Gasteiger partial charge in [0.2, 0.25) is 11.8 Å². The van der Waals surface area contributed by atoms with Crippen molar-refractivity contribution >= 4 is 35.1 Å². The Labute approximate surface area is 158 Å². The van der Waals surface area contributed by atoms with Gasteiger partial charge in [-0.05, 0) is 25.0 Å². The molecular weight excluding hydrogens is 356 g/mol. The molecule has 1 aromatic heterocycles. The molecule has 1 aliphatic heterocycles. The lowest BCUT2D eigenvalue weighted by Gasteiger charge is -2.29. The van der Waals surface area contributed by atoms with Crippen LogP contribution in [0, 0.1) is 0 Å². The molecule has 1 aliphatic rings. The second-order valence-corrected chi connectivity index (χ2v) is 6.34. The summed E-state index contributed by atoms with van der Waals surface area (Å²) in [5, 5.41) is 3.79. The molecule has 3 rings (SSSR count). The number of amides is 2. The maximum Gasteiger partial charge on any atom is 0.245 e. The average Bonchev–Trinajstić information content (AvgIpc) is 3.04. The number of rotatable bonds is 5. The summed E-state index contributed by atoms with van der Waals surface area (Å²) in [6.07, 6.45) is 2.29. The van der Waals surface area contributed by atoms with Crippen LogP contribution in [0.3, 0.4) is 0 Å². The number of carbonyl (C=O) groups excluding carboxylic acids is 2. The molecule has 7 nitrogen and oxygen atoms in total. The zero-order valence-electron chi connectivity index (χ0n) is 14.7. The normalized spacial score (nSPS) is 16.6. The Morgan fingerprint density at radius 2 is 2.00 bits per heavy atom. The lowest BCUT2D eigenvalue weighted by Crippen LogP contribution is -2.53. The van der Waals surface area contributed by atoms with Gasteiger partial charge in [-0.1, -0.05) is 18.2 Å². The van der Waals surface area contributed by atoms with Gasteiger partial charge in [0, 0.05) is 30.2 Å². The molecule has 0 spiro atoms. The van der Waals surface area contributed by atoms with Crippen molar-refractivity contribution in [1.82, 2.24) is 15.2 Å². The molecule has 4 N–H and O–H groups in total. The van der Waals surface area contributed by atoms with E-state index in [2.05, 4.69) is 10.3 Å². The Morgan fingerprint density at radius 1 is 1.31 bits per heavy atom. The Hall–Kier alpha value is -2.09. The largest absolute Gasteiger partial charge is 0.378 e. The number of nitrogens with two attached hydrogens (primary N) is 1. The summed E-state index contributed by atoms with van der Waals surface area (Å²) in [5.74, 6) is -0.421. The summed E-state index contributed by atoms with van der Waals surface area (Å²) in [6.45, 7) is 3.87. The number of fused-ring (bicyclic) bond motifs is 1. The zero-order chi connectivity index (χ0) is 17.8. The molecule has 142 valence electrons. The van der Waals surface area contributed by atoms with Crippen molar-refractivity contribution in [2.24, 2.45) is 5.73 Å². The molecule has 0 aliphatic carbocycles. The van der Waals surface area contributed by atoms with E-state index in [1.165, 1.54) is 0 Å². The number of morpholine rings is 1. The maximum atomic E-state index is 12.4. The number of aromatic nitrogens is 1. The smallest absolute Gasteiger partial charge is 0.245 e. The third kappa shape index (κ3) is 4.55. The Morgan fingerprint density at radius 3 is 2.73 bits per heavy atom. The number of aromatic amines is 1. The topological polar surface area (TPSA) is 100 Å². The molecule has 0 radical (unpaired) electrons. The minimum atomic E-state index is -0.709. The molecule has 1 saturated heterocycles. The standard InChI is InChI=1S/C18H24N4O3.ClH/c1-12(18(24)22-6-8-25-9-7-22)21-17(23)15(19)10-13-11-20-16-5-3-2-4-14(13)16;/h2-5,11-12,15,20H,6-10,19H2,1H3,(H,21,23);1H/t12?,15-;/m0./s1. The molecule has 0 bridgehead atoms. The highest BCUT2D eigenvalue weighted by Crippen LogP contribution is 2.18. The number of H-pyrrole nitrogens is 1. The second kappa shape index (κ2) is 9.02. The Bertz CT molecular complexity index is 758. The summed E-state index contributed by atoms with van der Waals surface area (Å²) >= 11 is 0. The van der Waals surface area contributed by atoms with Crippen LogP contribution in [0.25, 0.3) is 10.9 Å². The lowest BCUT2D eigenvalue weighted by atomic mass is 10.0. The molecule has 2 aromatic rings. The van der Waals surface area contributed by atoms with Crippen molar-refractivity contribution in [3.05, 3.63) is 36.0 Å². The number of carbonyl (C=O) groups is 2. The average molecular weight is 381 g/mol. The van der Waals surface area contributed by atoms with E-state index in [0.29, 0.717) is 32.7 Å². The Kier molecular flexibility index (Phi) is 7.02. The quantitative estimate of drug-likeness (QED) is 0.715. The lowest BCUT2D eigenvalue weighted by molar-refractivity contribution is -0.139. The molecule has 1 aromatic carbocycles. The molecule has 2 heterocycles. The van der Waals surface area contributed by atoms with Gasteiger partial charge in [-0.25, -0.2) is 0 Å². The van der Waals surface area contributed by atoms with Gasteiger partial charge in [0.05, 0.1) is 19.3 Å². The van der Waals surface area contributed by atoms with Gasteiger partial charge in [0.15, 0.2) is 0 Å². The van der Waals surface area contributed by atoms with Gasteiger partial charge in [-0.2, -0.15) is 0 Å². The van der Waals surface area contributed by atoms with Gasteiger partial charge < -0.3 is 25.7 Å². The van der Waals surface area contributed by atoms with Crippen LogP contribution in [-0.2, 0) is 20.7 Å². The van der Waals surface area contributed by atoms with Crippen molar-refractivity contribution in [2.45, 2.75) is 25.4 Å². The number of benzene rings is 1. The summed E-state index contributed by atoms with van der Waals surface area (Å²) in [7, 11) is 0. The first-order valence-corrected chi connectivity index (χ1v) is 8.53. The van der Waals surface area contributed by atoms with Crippen molar-refractivity contribution in [2.75, 3.05) is 26.3 Å². The molecule has 1 fully saturated rings. The van der Waals surface area contributed by atoms with Crippen LogP contribution in [0.15, 0.2) is 30.5 Å². The first kappa shape index (κ1) is 20.2. The van der Waals surface area contributed by atoms with E-state index in [9.17, 15) is 9.59 Å². The number of nitrogens with zero attached hydrogens (tertiary/aromatic N) is 1. The number of para-hydroxylation sites is 1. The number of ether oxygens (including phenoxy) is 1. The monoisotopic (exact) mass is 380 g/mol. The van der Waals surface area contributed by atoms with Crippen LogP contribution in [0.2, 0.25) is 0 Å². The third-order valence-electron chi connectivity index (χ3n) is 4.50. The van der Waals surface area contributed by atoms with E-state index in [0.717, 1.165) is 16.5 Å². The SMILES string of the molecule is CC(NC(=O)[C@@H](N)Cc1c[nH]c2ccccc12)C(=O)N1CCOCC1.Cl. The van der Waals surface area contributed by atoms with Crippen LogP contribution in [0.1, 0.15) is 12.5 Å². The summed E-state index contributed by atoms with van der Waals surface area (Å²) < 4.78 is 5.24. The van der Waals surface area contributed by atoms with E-state index >= 15 is 0 Å². The van der Waals surface area contributed by atoms with Crippen LogP contribution in [0.4, 0.5) is 0 Å². The number of hydrogen-bond acceptors (Lipinski definition) is 4. The Balaban J connectivity index is 0.00000243. The van der Waals surface area contributed by atoms with Gasteiger partial charge in [0.1, 0.15) is 6.04 Å². The fraction of sp³-hybridized carbons (Fsp3) is 0.444. The van der Waals surface area contributed by atoms with Crippen molar-refractivity contribution in [3.8, 4) is 0 Å². The first-order chi connectivity index (χ1) is 12.1. The molecule has 0 saturated carbocycles. The molecule has 2 atom stereocenters. The van der Waals surface area contributed by atoms with E-state index in [1.807, 2.05) is 30.5 Å². The molecule has 8 heteroatoms. The number of halogens is 1. The third-order valence-corrected chi connectivity index (χ3v) is 4.50. The predicted octanol–water partition coefficient (Wildman–Crippen LogP) is 0.823. The fourth-order valence-corrected chi connectivity index (χ4v) is 3.07. The second-order valence-electron chi connectivity index (χ2n) is 6.34. The van der Waals surface area contributed by atoms with Crippen molar-refractivity contribution < 1.29 is 14.3 Å². The molecular formula is C18H25ClN4O3. The number of nitrogens with one attached hydrogen (secondary N) is 2. The first-order valence-electron chi connectivity index (χ1n) is 8.53. The van der Waals surface area contributed by atoms with E-state index in [-0.39, 0.29) is 24.2 Å². The predicted molar refractivity (Wildman–Crippen MR) is 102 cm³/mol. The van der Waals surface area contributed by atoms with E-state index in [1.54, 1.807) is 11.8 Å². The van der Waals surface area contributed by atoms with E-state index in [4.69, 9.17) is 10.5 Å².